The monoisotopic (exact) mass is 338 g/mol. The Hall–Kier alpha value is -1.38. The molecule has 2 fully saturated rings. The highest BCUT2D eigenvalue weighted by Gasteiger charge is 2.51. The third-order valence-electron chi connectivity index (χ3n) is 4.97. The minimum Gasteiger partial charge on any atom is -0.492 e. The number of aliphatic hydroxyl groups excluding tert-OH is 3. The molecule has 0 aromatic heterocycles. The maximum absolute atomic E-state index is 10.7. The van der Waals surface area contributed by atoms with Gasteiger partial charge in [-0.05, 0) is 18.6 Å². The van der Waals surface area contributed by atoms with Crippen LogP contribution in [0.1, 0.15) is 12.8 Å². The summed E-state index contributed by atoms with van der Waals surface area (Å²) in [6.45, 7) is -0.261. The lowest BCUT2D eigenvalue weighted by molar-refractivity contribution is -0.245. The zero-order chi connectivity index (χ0) is 16.7. The van der Waals surface area contributed by atoms with E-state index in [1.54, 1.807) is 12.2 Å². The van der Waals surface area contributed by atoms with E-state index in [1.165, 1.54) is 6.26 Å². The molecule has 0 aromatic carbocycles. The molecule has 4 rings (SSSR count). The number of rotatable bonds is 1. The smallest absolute Gasteiger partial charge is 0.157 e. The molecule has 3 N–H and O–H groups in total. The fraction of sp³-hybridized carbons (Fsp3) is 0.647. The molecular weight excluding hydrogens is 316 g/mol. The zero-order valence-corrected chi connectivity index (χ0v) is 13.1. The van der Waals surface area contributed by atoms with Crippen LogP contribution in [0.3, 0.4) is 0 Å². The van der Waals surface area contributed by atoms with Crippen LogP contribution in [0.4, 0.5) is 0 Å². The first-order chi connectivity index (χ1) is 11.7. The van der Waals surface area contributed by atoms with E-state index in [9.17, 15) is 15.3 Å². The molecule has 0 unspecified atom stereocenters. The van der Waals surface area contributed by atoms with Gasteiger partial charge in [-0.15, -0.1) is 0 Å². The summed E-state index contributed by atoms with van der Waals surface area (Å²) in [5.41, 5.74) is 0. The zero-order valence-electron chi connectivity index (χ0n) is 13.1. The van der Waals surface area contributed by atoms with Crippen LogP contribution in [0.25, 0.3) is 0 Å². The van der Waals surface area contributed by atoms with Gasteiger partial charge in [0.15, 0.2) is 12.2 Å². The van der Waals surface area contributed by atoms with Crippen LogP contribution >= 0.6 is 0 Å². The highest BCUT2D eigenvalue weighted by Crippen LogP contribution is 2.38. The lowest BCUT2D eigenvalue weighted by Gasteiger charge is -2.47. The van der Waals surface area contributed by atoms with E-state index in [0.29, 0.717) is 18.6 Å². The average Bonchev–Trinajstić information content (AvgIpc) is 2.91. The Labute approximate surface area is 139 Å². The van der Waals surface area contributed by atoms with Crippen LogP contribution < -0.4 is 0 Å². The molecule has 8 atom stereocenters. The van der Waals surface area contributed by atoms with Crippen molar-refractivity contribution in [3.8, 4) is 0 Å². The van der Waals surface area contributed by atoms with Crippen LogP contribution in [0.2, 0.25) is 0 Å². The van der Waals surface area contributed by atoms with Gasteiger partial charge in [-0.25, -0.2) is 0 Å². The molecule has 4 aliphatic rings. The third-order valence-corrected chi connectivity index (χ3v) is 4.97. The normalized spacial score (nSPS) is 47.0. The fourth-order valence-corrected chi connectivity index (χ4v) is 3.68. The number of hydrogen-bond acceptors (Lipinski definition) is 7. The van der Waals surface area contributed by atoms with Gasteiger partial charge in [0, 0.05) is 6.42 Å². The predicted octanol–water partition coefficient (Wildman–Crippen LogP) is -0.233. The standard InChI is InChI=1S/C17H22O7/c18-8-14-9(19)4-5-10-12(23-14)7-13-17(24-10)15(20)16-11(22-13)3-1-2-6-21-16/h1-3,5-6,9,11-20H,4,7-8H2/t9-,11-,12-,13+,14+,15+,16-,17+/m0/s1. The summed E-state index contributed by atoms with van der Waals surface area (Å²) in [5.74, 6) is 0.576. The largest absolute Gasteiger partial charge is 0.492 e. The van der Waals surface area contributed by atoms with Gasteiger partial charge < -0.3 is 34.3 Å². The lowest BCUT2D eigenvalue weighted by atomic mass is 9.89. The van der Waals surface area contributed by atoms with Gasteiger partial charge in [0.25, 0.3) is 0 Å². The highest BCUT2D eigenvalue weighted by molar-refractivity contribution is 5.16. The second-order valence-electron chi connectivity index (χ2n) is 6.52. The van der Waals surface area contributed by atoms with Crippen LogP contribution in [0, 0.1) is 0 Å². The molecule has 4 aliphatic heterocycles. The molecule has 0 radical (unpaired) electrons. The Balaban J connectivity index is 1.56. The number of aliphatic hydroxyl groups is 3. The Bertz CT molecular complexity index is 557. The van der Waals surface area contributed by atoms with Crippen molar-refractivity contribution in [1.29, 1.82) is 0 Å². The summed E-state index contributed by atoms with van der Waals surface area (Å²) in [5, 5.41) is 30.1. The van der Waals surface area contributed by atoms with E-state index < -0.39 is 36.6 Å². The first-order valence-corrected chi connectivity index (χ1v) is 8.31. The summed E-state index contributed by atoms with van der Waals surface area (Å²) in [6, 6.07) is 0. The molecule has 0 saturated carbocycles. The maximum Gasteiger partial charge on any atom is 0.157 e. The van der Waals surface area contributed by atoms with E-state index >= 15 is 0 Å². The van der Waals surface area contributed by atoms with Crippen molar-refractivity contribution in [3.05, 3.63) is 36.3 Å². The molecule has 2 saturated heterocycles. The van der Waals surface area contributed by atoms with Crippen molar-refractivity contribution >= 4 is 0 Å². The lowest BCUT2D eigenvalue weighted by Crippen LogP contribution is -2.61. The summed E-state index contributed by atoms with van der Waals surface area (Å²) in [7, 11) is 0. The van der Waals surface area contributed by atoms with Crippen molar-refractivity contribution in [3.63, 3.8) is 0 Å². The van der Waals surface area contributed by atoms with Gasteiger partial charge in [-0.2, -0.15) is 0 Å². The Kier molecular flexibility index (Phi) is 4.36. The molecule has 0 aromatic rings. The second-order valence-corrected chi connectivity index (χ2v) is 6.52. The minimum atomic E-state index is -0.843. The molecule has 7 heteroatoms. The van der Waals surface area contributed by atoms with Gasteiger partial charge >= 0.3 is 0 Å². The van der Waals surface area contributed by atoms with Gasteiger partial charge in [-0.3, -0.25) is 0 Å². The van der Waals surface area contributed by atoms with Gasteiger partial charge in [0.05, 0.1) is 19.0 Å². The number of hydrogen-bond donors (Lipinski definition) is 3. The van der Waals surface area contributed by atoms with E-state index in [0.717, 1.165) is 0 Å². The fourth-order valence-electron chi connectivity index (χ4n) is 3.68. The molecule has 0 amide bonds. The summed E-state index contributed by atoms with van der Waals surface area (Å²) in [4.78, 5) is 0. The van der Waals surface area contributed by atoms with E-state index in [-0.39, 0.29) is 18.8 Å². The van der Waals surface area contributed by atoms with Crippen molar-refractivity contribution in [2.24, 2.45) is 0 Å². The van der Waals surface area contributed by atoms with Gasteiger partial charge in [0.1, 0.15) is 36.3 Å². The molecular formula is C17H22O7. The molecule has 0 aliphatic carbocycles. The van der Waals surface area contributed by atoms with Gasteiger partial charge in [0.2, 0.25) is 0 Å². The van der Waals surface area contributed by atoms with Crippen LogP contribution in [-0.2, 0) is 18.9 Å². The molecule has 0 spiro atoms. The third kappa shape index (κ3) is 2.76. The number of ether oxygens (including phenoxy) is 4. The number of allylic oxidation sites excluding steroid dienone is 2. The highest BCUT2D eigenvalue weighted by atomic mass is 16.6. The van der Waals surface area contributed by atoms with Crippen LogP contribution in [0.15, 0.2) is 36.3 Å². The number of fused-ring (bicyclic) bond motifs is 3. The Morgan fingerprint density at radius 2 is 2.00 bits per heavy atom. The molecule has 7 nitrogen and oxygen atoms in total. The summed E-state index contributed by atoms with van der Waals surface area (Å²) in [6.07, 6.45) is 5.07. The molecule has 24 heavy (non-hydrogen) atoms. The molecule has 4 heterocycles. The topological polar surface area (TPSA) is 97.6 Å². The van der Waals surface area contributed by atoms with E-state index in [1.807, 2.05) is 12.2 Å². The second kappa shape index (κ2) is 6.50. The van der Waals surface area contributed by atoms with Crippen LogP contribution in [-0.4, -0.2) is 70.8 Å². The first-order valence-electron chi connectivity index (χ1n) is 8.31. The van der Waals surface area contributed by atoms with Crippen molar-refractivity contribution in [2.75, 3.05) is 6.61 Å². The van der Waals surface area contributed by atoms with Gasteiger partial charge in [-0.1, -0.05) is 12.2 Å². The van der Waals surface area contributed by atoms with Crippen molar-refractivity contribution in [2.45, 2.75) is 61.7 Å². The van der Waals surface area contributed by atoms with E-state index in [4.69, 9.17) is 18.9 Å². The average molecular weight is 338 g/mol. The minimum absolute atomic E-state index is 0.261. The SMILES string of the molecule is OC[C@H]1O[C@H]2C[C@H]3O[C@H]4C=CC=CO[C@@H]4[C@@H](O)[C@@H]3OC2=CC[C@@H]1O. The summed E-state index contributed by atoms with van der Waals surface area (Å²) < 4.78 is 23.4. The van der Waals surface area contributed by atoms with Crippen LogP contribution in [0.5, 0.6) is 0 Å². The quantitative estimate of drug-likeness (QED) is 0.607. The Morgan fingerprint density at radius 3 is 2.83 bits per heavy atom. The molecule has 132 valence electrons. The predicted molar refractivity (Wildman–Crippen MR) is 81.8 cm³/mol. The first kappa shape index (κ1) is 16.1. The molecule has 0 bridgehead atoms. The summed E-state index contributed by atoms with van der Waals surface area (Å²) >= 11 is 0. The van der Waals surface area contributed by atoms with Crippen molar-refractivity contribution in [1.82, 2.24) is 0 Å². The Morgan fingerprint density at radius 1 is 1.12 bits per heavy atom. The van der Waals surface area contributed by atoms with Crippen molar-refractivity contribution < 1.29 is 34.3 Å². The maximum atomic E-state index is 10.7. The van der Waals surface area contributed by atoms with E-state index in [2.05, 4.69) is 0 Å².